The monoisotopic (exact) mass is 301 g/mol. The molecular formula is C14H17Cl2NO2. The summed E-state index contributed by atoms with van der Waals surface area (Å²) in [5.41, 5.74) is -0.442. The van der Waals surface area contributed by atoms with E-state index in [9.17, 15) is 9.90 Å². The molecule has 0 aromatic heterocycles. The van der Waals surface area contributed by atoms with E-state index in [0.29, 0.717) is 22.2 Å². The molecule has 1 unspecified atom stereocenters. The van der Waals surface area contributed by atoms with Crippen LogP contribution in [-0.4, -0.2) is 34.1 Å². The van der Waals surface area contributed by atoms with Crippen LogP contribution in [-0.2, 0) is 0 Å². The normalized spacial score (nSPS) is 19.8. The fourth-order valence-electron chi connectivity index (χ4n) is 2.59. The molecule has 5 heteroatoms. The first kappa shape index (κ1) is 14.6. The van der Waals surface area contributed by atoms with Crippen LogP contribution in [0.3, 0.4) is 0 Å². The number of hydrogen-bond donors (Lipinski definition) is 1. The first-order valence-electron chi connectivity index (χ1n) is 6.28. The Morgan fingerprint density at radius 1 is 1.32 bits per heavy atom. The van der Waals surface area contributed by atoms with Crippen LogP contribution in [0.4, 0.5) is 0 Å². The highest BCUT2D eigenvalue weighted by Gasteiger charge is 2.38. The van der Waals surface area contributed by atoms with Gasteiger partial charge in [0, 0.05) is 22.2 Å². The van der Waals surface area contributed by atoms with Crippen LogP contribution in [0.5, 0.6) is 0 Å². The molecule has 0 saturated carbocycles. The van der Waals surface area contributed by atoms with Crippen molar-refractivity contribution in [1.82, 2.24) is 4.90 Å². The minimum Gasteiger partial charge on any atom is -0.388 e. The van der Waals surface area contributed by atoms with Gasteiger partial charge in [-0.1, -0.05) is 23.2 Å². The highest BCUT2D eigenvalue weighted by atomic mass is 35.5. The van der Waals surface area contributed by atoms with Crippen molar-refractivity contribution in [2.45, 2.75) is 38.3 Å². The maximum atomic E-state index is 12.5. The Hall–Kier alpha value is -0.770. The number of carbonyl (C=O) groups excluding carboxylic acids is 1. The van der Waals surface area contributed by atoms with Crippen LogP contribution in [0.1, 0.15) is 37.0 Å². The lowest BCUT2D eigenvalue weighted by molar-refractivity contribution is 0.000337. The smallest absolute Gasteiger partial charge is 0.254 e. The Balaban J connectivity index is 2.28. The van der Waals surface area contributed by atoms with Crippen LogP contribution in [0.15, 0.2) is 18.2 Å². The molecule has 1 heterocycles. The van der Waals surface area contributed by atoms with Crippen LogP contribution in [0, 0.1) is 0 Å². The first-order valence-corrected chi connectivity index (χ1v) is 7.04. The number of hydrogen-bond acceptors (Lipinski definition) is 2. The fraction of sp³-hybridized carbons (Fsp3) is 0.500. The summed E-state index contributed by atoms with van der Waals surface area (Å²) < 4.78 is 0. The summed E-state index contributed by atoms with van der Waals surface area (Å²) in [5.74, 6) is -0.131. The minimum absolute atomic E-state index is 0.131. The number of halogens is 2. The zero-order chi connectivity index (χ0) is 14.2. The van der Waals surface area contributed by atoms with Crippen molar-refractivity contribution in [3.8, 4) is 0 Å². The van der Waals surface area contributed by atoms with E-state index in [1.165, 1.54) is 0 Å². The van der Waals surface area contributed by atoms with Gasteiger partial charge in [-0.2, -0.15) is 0 Å². The van der Waals surface area contributed by atoms with E-state index in [1.54, 1.807) is 36.9 Å². The molecule has 0 spiro atoms. The van der Waals surface area contributed by atoms with Gasteiger partial charge in [-0.25, -0.2) is 0 Å². The average molecular weight is 302 g/mol. The summed E-state index contributed by atoms with van der Waals surface area (Å²) in [4.78, 5) is 14.2. The average Bonchev–Trinajstić information content (AvgIpc) is 2.74. The van der Waals surface area contributed by atoms with Crippen LogP contribution in [0.2, 0.25) is 10.0 Å². The second-order valence-electron chi connectivity index (χ2n) is 5.47. The number of amides is 1. The third-order valence-electron chi connectivity index (χ3n) is 3.44. The second kappa shape index (κ2) is 5.31. The first-order chi connectivity index (χ1) is 8.79. The Bertz CT molecular complexity index is 476. The molecule has 1 aromatic rings. The van der Waals surface area contributed by atoms with E-state index in [4.69, 9.17) is 23.2 Å². The topological polar surface area (TPSA) is 40.5 Å². The largest absolute Gasteiger partial charge is 0.388 e. The molecule has 1 saturated heterocycles. The number of benzene rings is 1. The molecule has 104 valence electrons. The molecular weight excluding hydrogens is 285 g/mol. The lowest BCUT2D eigenvalue weighted by Crippen LogP contribution is -2.48. The minimum atomic E-state index is -0.908. The van der Waals surface area contributed by atoms with Gasteiger partial charge in [-0.15, -0.1) is 0 Å². The van der Waals surface area contributed by atoms with Gasteiger partial charge in [0.25, 0.3) is 5.91 Å². The molecule has 1 N–H and O–H groups in total. The number of nitrogens with zero attached hydrogens (tertiary/aromatic N) is 1. The zero-order valence-corrected chi connectivity index (χ0v) is 12.5. The van der Waals surface area contributed by atoms with E-state index in [0.717, 1.165) is 12.8 Å². The van der Waals surface area contributed by atoms with E-state index in [2.05, 4.69) is 0 Å². The predicted octanol–water partition coefficient (Wildman–Crippen LogP) is 3.37. The summed E-state index contributed by atoms with van der Waals surface area (Å²) in [6.07, 6.45) is 1.71. The molecule has 0 aliphatic carbocycles. The summed E-state index contributed by atoms with van der Waals surface area (Å²) in [7, 11) is 0. The number of rotatable bonds is 2. The molecule has 0 radical (unpaired) electrons. The Kier molecular flexibility index (Phi) is 4.09. The number of aliphatic hydroxyl groups is 1. The highest BCUT2D eigenvalue weighted by Crippen LogP contribution is 2.29. The molecule has 1 aliphatic rings. The second-order valence-corrected chi connectivity index (χ2v) is 6.34. The molecule has 19 heavy (non-hydrogen) atoms. The van der Waals surface area contributed by atoms with E-state index < -0.39 is 5.60 Å². The lowest BCUT2D eigenvalue weighted by Gasteiger charge is -2.33. The van der Waals surface area contributed by atoms with Gasteiger partial charge in [0.1, 0.15) is 0 Å². The van der Waals surface area contributed by atoms with Crippen molar-refractivity contribution in [3.63, 3.8) is 0 Å². The predicted molar refractivity (Wildman–Crippen MR) is 76.8 cm³/mol. The fourth-order valence-corrected chi connectivity index (χ4v) is 3.11. The van der Waals surface area contributed by atoms with Gasteiger partial charge in [-0.3, -0.25) is 4.79 Å². The van der Waals surface area contributed by atoms with Crippen molar-refractivity contribution in [2.75, 3.05) is 6.54 Å². The maximum absolute atomic E-state index is 12.5. The molecule has 2 rings (SSSR count). The van der Waals surface area contributed by atoms with Gasteiger partial charge in [0.05, 0.1) is 11.6 Å². The summed E-state index contributed by atoms with van der Waals surface area (Å²) in [6.45, 7) is 4.11. The Morgan fingerprint density at radius 2 is 1.89 bits per heavy atom. The van der Waals surface area contributed by atoms with Gasteiger partial charge in [0.15, 0.2) is 0 Å². The van der Waals surface area contributed by atoms with Crippen molar-refractivity contribution in [3.05, 3.63) is 33.8 Å². The standard InChI is InChI=1S/C14H17Cl2NO2/c1-14(2,19)12-4-3-5-17(12)13(18)9-6-10(15)8-11(16)7-9/h6-8,12,19H,3-5H2,1-2H3. The maximum Gasteiger partial charge on any atom is 0.254 e. The van der Waals surface area contributed by atoms with E-state index in [-0.39, 0.29) is 11.9 Å². The molecule has 1 atom stereocenters. The van der Waals surface area contributed by atoms with Crippen molar-refractivity contribution in [2.24, 2.45) is 0 Å². The van der Waals surface area contributed by atoms with Crippen LogP contribution < -0.4 is 0 Å². The third kappa shape index (κ3) is 3.22. The molecule has 1 aromatic carbocycles. The van der Waals surface area contributed by atoms with Crippen molar-refractivity contribution >= 4 is 29.1 Å². The van der Waals surface area contributed by atoms with Gasteiger partial charge < -0.3 is 10.0 Å². The van der Waals surface area contributed by atoms with Gasteiger partial charge >= 0.3 is 0 Å². The van der Waals surface area contributed by atoms with E-state index in [1.807, 2.05) is 0 Å². The molecule has 1 aliphatic heterocycles. The highest BCUT2D eigenvalue weighted by molar-refractivity contribution is 6.35. The summed E-state index contributed by atoms with van der Waals surface area (Å²) in [6, 6.07) is 4.64. The molecule has 1 amide bonds. The SMILES string of the molecule is CC(C)(O)C1CCCN1C(=O)c1cc(Cl)cc(Cl)c1. The van der Waals surface area contributed by atoms with Crippen molar-refractivity contribution in [1.29, 1.82) is 0 Å². The lowest BCUT2D eigenvalue weighted by atomic mass is 9.96. The van der Waals surface area contributed by atoms with Crippen molar-refractivity contribution < 1.29 is 9.90 Å². The molecule has 0 bridgehead atoms. The molecule has 3 nitrogen and oxygen atoms in total. The zero-order valence-electron chi connectivity index (χ0n) is 11.0. The number of likely N-dealkylation sites (tertiary alicyclic amines) is 1. The quantitative estimate of drug-likeness (QED) is 0.910. The van der Waals surface area contributed by atoms with E-state index >= 15 is 0 Å². The third-order valence-corrected chi connectivity index (χ3v) is 3.88. The Morgan fingerprint density at radius 3 is 2.42 bits per heavy atom. The summed E-state index contributed by atoms with van der Waals surface area (Å²) >= 11 is 11.8. The summed E-state index contributed by atoms with van der Waals surface area (Å²) in [5, 5.41) is 11.0. The van der Waals surface area contributed by atoms with Gasteiger partial charge in [0.2, 0.25) is 0 Å². The Labute approximate surface area is 123 Å². The number of carbonyl (C=O) groups is 1. The van der Waals surface area contributed by atoms with Crippen LogP contribution in [0.25, 0.3) is 0 Å². The molecule has 1 fully saturated rings. The van der Waals surface area contributed by atoms with Gasteiger partial charge in [-0.05, 0) is 44.9 Å². The van der Waals surface area contributed by atoms with Crippen LogP contribution >= 0.6 is 23.2 Å².